The van der Waals surface area contributed by atoms with Crippen LogP contribution in [-0.2, 0) is 15.3 Å². The maximum Gasteiger partial charge on any atom is 0.276 e. The quantitative estimate of drug-likeness (QED) is 0.656. The monoisotopic (exact) mass is 503 g/mol. The van der Waals surface area contributed by atoms with Gasteiger partial charge in [0.2, 0.25) is 0 Å². The van der Waals surface area contributed by atoms with Gasteiger partial charge in [-0.15, -0.1) is 0 Å². The molecular weight excluding hydrogens is 481 g/mol. The Morgan fingerprint density at radius 2 is 2.12 bits per heavy atom. The maximum absolute atomic E-state index is 15.1. The number of carbonyl (C=O) groups excluding carboxylic acids is 1. The largest absolute Gasteiger partial charge is 0.386 e. The smallest absolute Gasteiger partial charge is 0.276 e. The number of nitrogens with two attached hydrogens (primary N) is 1. The minimum Gasteiger partial charge on any atom is -0.386 e. The van der Waals surface area contributed by atoms with Crippen LogP contribution in [-0.4, -0.2) is 42.5 Å². The summed E-state index contributed by atoms with van der Waals surface area (Å²) in [5.74, 6) is -1.21. The number of amidine groups is 1. The Bertz CT molecular complexity index is 1390. The number of anilines is 1. The highest BCUT2D eigenvalue weighted by molar-refractivity contribution is 7.96. The minimum absolute atomic E-state index is 0.0127. The van der Waals surface area contributed by atoms with E-state index in [1.165, 1.54) is 18.3 Å². The van der Waals surface area contributed by atoms with E-state index in [4.69, 9.17) is 22.6 Å². The lowest BCUT2D eigenvalue weighted by atomic mass is 9.89. The number of halogens is 2. The fraction of sp³-hybridized carbons (Fsp3) is 0.409. The molecule has 3 atom stereocenters. The number of aromatic nitrogens is 2. The third kappa shape index (κ3) is 3.61. The van der Waals surface area contributed by atoms with Gasteiger partial charge in [0.1, 0.15) is 45.2 Å². The molecule has 0 fully saturated rings. The molecule has 2 aromatic rings. The molecule has 0 aliphatic carbocycles. The van der Waals surface area contributed by atoms with Crippen molar-refractivity contribution in [3.05, 3.63) is 52.2 Å². The standard InChI is InChI=1S/C22H23ClFN7O2S/c1-21(2)20(26)31-22(3,15-5-4-8-28-34(15,21)33)18-14(24)6-7-16(29-18)30-19(32)17-13(23)9-12(10-25)11-27-17/h6-7,9,11,15H,4-5,8H2,1-3H3,(H2,26,31)(H,29,30,32)/t15-,22+,34-/m1/s1. The van der Waals surface area contributed by atoms with Crippen LogP contribution >= 0.6 is 11.6 Å². The van der Waals surface area contributed by atoms with E-state index in [2.05, 4.69) is 24.6 Å². The number of nitriles is 1. The van der Waals surface area contributed by atoms with Gasteiger partial charge >= 0.3 is 0 Å². The van der Waals surface area contributed by atoms with Gasteiger partial charge in [0.25, 0.3) is 5.91 Å². The average molecular weight is 504 g/mol. The normalized spacial score (nSPS) is 27.5. The van der Waals surface area contributed by atoms with Crippen LogP contribution in [0.15, 0.2) is 33.8 Å². The molecule has 1 amide bonds. The van der Waals surface area contributed by atoms with Gasteiger partial charge in [-0.2, -0.15) is 5.26 Å². The van der Waals surface area contributed by atoms with Crippen LogP contribution in [0, 0.1) is 17.1 Å². The zero-order chi connectivity index (χ0) is 24.9. The van der Waals surface area contributed by atoms with Gasteiger partial charge in [-0.25, -0.2) is 22.9 Å². The summed E-state index contributed by atoms with van der Waals surface area (Å²) in [5.41, 5.74) is 4.90. The molecule has 34 heavy (non-hydrogen) atoms. The van der Waals surface area contributed by atoms with E-state index >= 15 is 4.39 Å². The van der Waals surface area contributed by atoms with E-state index < -0.39 is 37.0 Å². The number of fused-ring (bicyclic) bond motifs is 1. The lowest BCUT2D eigenvalue weighted by Crippen LogP contribution is -2.60. The van der Waals surface area contributed by atoms with Gasteiger partial charge in [-0.05, 0) is 51.8 Å². The first kappa shape index (κ1) is 24.0. The van der Waals surface area contributed by atoms with Crippen LogP contribution in [0.5, 0.6) is 0 Å². The van der Waals surface area contributed by atoms with Gasteiger partial charge in [0, 0.05) is 12.7 Å². The lowest BCUT2D eigenvalue weighted by molar-refractivity contribution is 0.102. The summed E-state index contributed by atoms with van der Waals surface area (Å²) in [7, 11) is -2.90. The first-order valence-electron chi connectivity index (χ1n) is 10.5. The van der Waals surface area contributed by atoms with E-state index in [1.807, 2.05) is 6.07 Å². The first-order valence-corrected chi connectivity index (χ1v) is 12.5. The van der Waals surface area contributed by atoms with Crippen LogP contribution < -0.4 is 11.1 Å². The summed E-state index contributed by atoms with van der Waals surface area (Å²) < 4.78 is 32.7. The number of nitrogens with zero attached hydrogens (tertiary/aromatic N) is 5. The minimum atomic E-state index is -2.90. The van der Waals surface area contributed by atoms with Crippen molar-refractivity contribution < 1.29 is 13.4 Å². The Balaban J connectivity index is 1.77. The van der Waals surface area contributed by atoms with E-state index in [1.54, 1.807) is 20.8 Å². The van der Waals surface area contributed by atoms with Gasteiger partial charge in [0.05, 0.1) is 25.6 Å². The molecule has 2 aliphatic heterocycles. The molecule has 2 aliphatic rings. The second-order valence-electron chi connectivity index (χ2n) is 8.85. The van der Waals surface area contributed by atoms with E-state index in [9.17, 15) is 9.00 Å². The van der Waals surface area contributed by atoms with Crippen LogP contribution in [0.4, 0.5) is 10.2 Å². The number of pyridine rings is 2. The Morgan fingerprint density at radius 3 is 2.79 bits per heavy atom. The molecule has 0 aromatic carbocycles. The number of carbonyl (C=O) groups is 1. The molecule has 3 N–H and O–H groups in total. The van der Waals surface area contributed by atoms with Crippen LogP contribution in [0.3, 0.4) is 0 Å². The topological polar surface area (TPSA) is 146 Å². The number of hydrogen-bond acceptors (Lipinski definition) is 8. The lowest BCUT2D eigenvalue weighted by Gasteiger charge is -2.47. The van der Waals surface area contributed by atoms with Crippen molar-refractivity contribution in [1.29, 1.82) is 5.26 Å². The van der Waals surface area contributed by atoms with Crippen molar-refractivity contribution in [2.75, 3.05) is 11.9 Å². The summed E-state index contributed by atoms with van der Waals surface area (Å²) >= 11 is 6.08. The zero-order valence-electron chi connectivity index (χ0n) is 18.8. The van der Waals surface area contributed by atoms with Crippen molar-refractivity contribution in [3.8, 4) is 6.07 Å². The molecule has 0 radical (unpaired) electrons. The van der Waals surface area contributed by atoms with Crippen molar-refractivity contribution >= 4 is 38.9 Å². The summed E-state index contributed by atoms with van der Waals surface area (Å²) in [6.07, 6.45) is 2.42. The molecule has 0 spiro atoms. The molecule has 2 aromatic heterocycles. The molecule has 0 saturated heterocycles. The van der Waals surface area contributed by atoms with Gasteiger partial charge in [-0.3, -0.25) is 9.79 Å². The highest BCUT2D eigenvalue weighted by atomic mass is 35.5. The third-order valence-corrected chi connectivity index (χ3v) is 10.4. The molecule has 4 rings (SSSR count). The fourth-order valence-electron chi connectivity index (χ4n) is 4.36. The maximum atomic E-state index is 15.1. The number of rotatable bonds is 3. The zero-order valence-corrected chi connectivity index (χ0v) is 20.4. The molecule has 12 heteroatoms. The predicted molar refractivity (Wildman–Crippen MR) is 128 cm³/mol. The van der Waals surface area contributed by atoms with E-state index in [0.717, 1.165) is 6.07 Å². The van der Waals surface area contributed by atoms with Crippen LogP contribution in [0.2, 0.25) is 5.02 Å². The van der Waals surface area contributed by atoms with Gasteiger partial charge in [-0.1, -0.05) is 11.6 Å². The van der Waals surface area contributed by atoms with Crippen LogP contribution in [0.1, 0.15) is 55.4 Å². The predicted octanol–water partition coefficient (Wildman–Crippen LogP) is 3.39. The molecular formula is C22H23ClFN7O2S. The summed E-state index contributed by atoms with van der Waals surface area (Å²) in [6.45, 7) is 5.57. The third-order valence-electron chi connectivity index (χ3n) is 6.37. The van der Waals surface area contributed by atoms with Crippen molar-refractivity contribution in [2.24, 2.45) is 15.1 Å². The summed E-state index contributed by atoms with van der Waals surface area (Å²) in [5, 5.41) is 10.9. The van der Waals surface area contributed by atoms with Crippen molar-refractivity contribution in [1.82, 2.24) is 9.97 Å². The summed E-state index contributed by atoms with van der Waals surface area (Å²) in [6, 6.07) is 5.65. The molecule has 0 unspecified atom stereocenters. The Labute approximate surface area is 201 Å². The van der Waals surface area contributed by atoms with Crippen molar-refractivity contribution in [2.45, 2.75) is 49.1 Å². The number of aliphatic imine (C=N–C) groups is 1. The van der Waals surface area contributed by atoms with Gasteiger partial charge in [0.15, 0.2) is 0 Å². The Morgan fingerprint density at radius 1 is 1.38 bits per heavy atom. The molecule has 9 nitrogen and oxygen atoms in total. The van der Waals surface area contributed by atoms with Gasteiger partial charge < -0.3 is 11.1 Å². The first-order chi connectivity index (χ1) is 15.9. The molecule has 0 bridgehead atoms. The van der Waals surface area contributed by atoms with Crippen molar-refractivity contribution in [3.63, 3.8) is 0 Å². The SMILES string of the molecule is CC1(C)C(N)=N[C@](C)(c2nc(NC(=O)c3ncc(C#N)cc3Cl)ccc2F)[C@H]2CCCN=[S@@]21=O. The Kier molecular flexibility index (Phi) is 5.86. The second-order valence-corrected chi connectivity index (χ2v) is 12.2. The average Bonchev–Trinajstić information content (AvgIpc) is 2.79. The highest BCUT2D eigenvalue weighted by Gasteiger charge is 2.56. The molecule has 178 valence electrons. The van der Waals surface area contributed by atoms with E-state index in [-0.39, 0.29) is 33.6 Å². The number of amides is 1. The molecule has 4 heterocycles. The number of hydrogen-bond donors (Lipinski definition) is 2. The number of nitrogens with one attached hydrogen (secondary N) is 1. The summed E-state index contributed by atoms with van der Waals surface area (Å²) in [4.78, 5) is 25.6. The molecule has 0 saturated carbocycles. The fourth-order valence-corrected chi connectivity index (χ4v) is 7.84. The Hall–Kier alpha value is -3.10. The van der Waals surface area contributed by atoms with Crippen LogP contribution in [0.25, 0.3) is 0 Å². The van der Waals surface area contributed by atoms with E-state index in [0.29, 0.717) is 19.4 Å². The highest BCUT2D eigenvalue weighted by Crippen LogP contribution is 2.46. The second kappa shape index (κ2) is 8.29.